The predicted octanol–water partition coefficient (Wildman–Crippen LogP) is 6.21. The highest BCUT2D eigenvalue weighted by Crippen LogP contribution is 2.14. The van der Waals surface area contributed by atoms with E-state index < -0.39 is 12.2 Å². The highest BCUT2D eigenvalue weighted by molar-refractivity contribution is 5.67. The molecule has 0 aromatic heterocycles. The Kier molecular flexibility index (Phi) is 18.4. The van der Waals surface area contributed by atoms with Gasteiger partial charge in [-0.2, -0.15) is 0 Å². The van der Waals surface area contributed by atoms with Gasteiger partial charge >= 0.3 is 6.09 Å². The SMILES string of the molecule is CCCCCCCCCCCCCCC(C)CNC(=O)OCC(O)CC. The molecule has 1 amide bonds. The maximum absolute atomic E-state index is 11.5. The third kappa shape index (κ3) is 18.0. The van der Waals surface area contributed by atoms with E-state index in [1.807, 2.05) is 6.92 Å². The smallest absolute Gasteiger partial charge is 0.407 e. The summed E-state index contributed by atoms with van der Waals surface area (Å²) in [4.78, 5) is 11.5. The van der Waals surface area contributed by atoms with Crippen LogP contribution in [0.15, 0.2) is 0 Å². The largest absolute Gasteiger partial charge is 0.447 e. The molecule has 0 rings (SSSR count). The van der Waals surface area contributed by atoms with Gasteiger partial charge in [0.1, 0.15) is 6.61 Å². The number of alkyl carbamates (subject to hydrolysis) is 1. The number of hydrogen-bond acceptors (Lipinski definition) is 3. The summed E-state index contributed by atoms with van der Waals surface area (Å²) in [5, 5.41) is 12.1. The molecule has 0 aromatic rings. The van der Waals surface area contributed by atoms with E-state index in [0.29, 0.717) is 18.9 Å². The second-order valence-electron chi connectivity index (χ2n) is 7.82. The van der Waals surface area contributed by atoms with Crippen molar-refractivity contribution < 1.29 is 14.6 Å². The van der Waals surface area contributed by atoms with Crippen molar-refractivity contribution in [3.05, 3.63) is 0 Å². The van der Waals surface area contributed by atoms with Crippen molar-refractivity contribution in [3.63, 3.8) is 0 Å². The molecule has 0 saturated carbocycles. The fraction of sp³-hybridized carbons (Fsp3) is 0.955. The van der Waals surface area contributed by atoms with E-state index in [9.17, 15) is 9.90 Å². The van der Waals surface area contributed by atoms with Crippen LogP contribution in [0, 0.1) is 5.92 Å². The van der Waals surface area contributed by atoms with Crippen LogP contribution in [0.2, 0.25) is 0 Å². The molecule has 2 atom stereocenters. The molecule has 2 N–H and O–H groups in total. The lowest BCUT2D eigenvalue weighted by molar-refractivity contribution is 0.0659. The molecular formula is C22H45NO3. The Morgan fingerprint density at radius 2 is 1.38 bits per heavy atom. The second-order valence-corrected chi connectivity index (χ2v) is 7.82. The third-order valence-electron chi connectivity index (χ3n) is 5.02. The van der Waals surface area contributed by atoms with Crippen molar-refractivity contribution >= 4 is 6.09 Å². The van der Waals surface area contributed by atoms with Crippen LogP contribution in [-0.4, -0.2) is 30.5 Å². The summed E-state index contributed by atoms with van der Waals surface area (Å²) in [5.74, 6) is 0.474. The summed E-state index contributed by atoms with van der Waals surface area (Å²) in [5.41, 5.74) is 0. The summed E-state index contributed by atoms with van der Waals surface area (Å²) in [6.07, 6.45) is 17.2. The molecule has 156 valence electrons. The van der Waals surface area contributed by atoms with Crippen molar-refractivity contribution in [3.8, 4) is 0 Å². The van der Waals surface area contributed by atoms with Crippen LogP contribution in [0.5, 0.6) is 0 Å². The molecule has 0 bridgehead atoms. The number of unbranched alkanes of at least 4 members (excludes halogenated alkanes) is 11. The maximum Gasteiger partial charge on any atom is 0.407 e. The molecule has 0 spiro atoms. The second kappa shape index (κ2) is 19.0. The third-order valence-corrected chi connectivity index (χ3v) is 5.02. The number of carbonyl (C=O) groups is 1. The molecule has 0 aliphatic carbocycles. The Hall–Kier alpha value is -0.770. The molecule has 26 heavy (non-hydrogen) atoms. The van der Waals surface area contributed by atoms with E-state index in [1.165, 1.54) is 77.0 Å². The fourth-order valence-corrected chi connectivity index (χ4v) is 3.03. The van der Waals surface area contributed by atoms with Crippen LogP contribution in [0.25, 0.3) is 0 Å². The number of hydrogen-bond donors (Lipinski definition) is 2. The van der Waals surface area contributed by atoms with Gasteiger partial charge in [-0.25, -0.2) is 4.79 Å². The lowest BCUT2D eigenvalue weighted by atomic mass is 10.0. The summed E-state index contributed by atoms with van der Waals surface area (Å²) in [6.45, 7) is 7.03. The number of nitrogens with one attached hydrogen (secondary N) is 1. The number of rotatable bonds is 18. The minimum Gasteiger partial charge on any atom is -0.447 e. The van der Waals surface area contributed by atoms with Crippen LogP contribution in [0.3, 0.4) is 0 Å². The molecular weight excluding hydrogens is 326 g/mol. The van der Waals surface area contributed by atoms with Gasteiger partial charge in [-0.1, -0.05) is 97.8 Å². The zero-order valence-electron chi connectivity index (χ0n) is 17.7. The van der Waals surface area contributed by atoms with Crippen LogP contribution < -0.4 is 5.32 Å². The van der Waals surface area contributed by atoms with Gasteiger partial charge in [-0.3, -0.25) is 0 Å². The van der Waals surface area contributed by atoms with Crippen LogP contribution in [0.4, 0.5) is 4.79 Å². The minimum atomic E-state index is -0.556. The normalized spacial score (nSPS) is 13.4. The van der Waals surface area contributed by atoms with Gasteiger partial charge in [0, 0.05) is 6.54 Å². The standard InChI is InChI=1S/C22H45NO3/c1-4-6-7-8-9-10-11-12-13-14-15-16-17-20(3)18-23-22(25)26-19-21(24)5-2/h20-21,24H,4-19H2,1-3H3,(H,23,25). The van der Waals surface area contributed by atoms with Crippen LogP contribution in [0.1, 0.15) is 111 Å². The van der Waals surface area contributed by atoms with Crippen molar-refractivity contribution in [1.29, 1.82) is 0 Å². The maximum atomic E-state index is 11.5. The van der Waals surface area contributed by atoms with Crippen molar-refractivity contribution in [1.82, 2.24) is 5.32 Å². The van der Waals surface area contributed by atoms with E-state index in [4.69, 9.17) is 4.74 Å². The monoisotopic (exact) mass is 371 g/mol. The van der Waals surface area contributed by atoms with Gasteiger partial charge in [0.15, 0.2) is 0 Å². The van der Waals surface area contributed by atoms with E-state index in [1.54, 1.807) is 0 Å². The van der Waals surface area contributed by atoms with Gasteiger partial charge in [-0.15, -0.1) is 0 Å². The van der Waals surface area contributed by atoms with E-state index >= 15 is 0 Å². The first-order valence-corrected chi connectivity index (χ1v) is 11.2. The number of aliphatic hydroxyl groups excluding tert-OH is 1. The van der Waals surface area contributed by atoms with E-state index in [-0.39, 0.29) is 6.61 Å². The first-order chi connectivity index (χ1) is 12.6. The molecule has 0 aliphatic rings. The molecule has 4 nitrogen and oxygen atoms in total. The van der Waals surface area contributed by atoms with Gasteiger partial charge in [-0.05, 0) is 18.8 Å². The zero-order chi connectivity index (χ0) is 19.5. The predicted molar refractivity (Wildman–Crippen MR) is 111 cm³/mol. The Labute approximate surface area is 162 Å². The summed E-state index contributed by atoms with van der Waals surface area (Å²) in [7, 11) is 0. The Morgan fingerprint density at radius 3 is 1.88 bits per heavy atom. The van der Waals surface area contributed by atoms with Gasteiger partial charge < -0.3 is 15.2 Å². The molecule has 0 aromatic carbocycles. The van der Waals surface area contributed by atoms with Crippen molar-refractivity contribution in [2.24, 2.45) is 5.92 Å². The average molecular weight is 372 g/mol. The summed E-state index contributed by atoms with van der Waals surface area (Å²) in [6, 6.07) is 0. The van der Waals surface area contributed by atoms with Gasteiger partial charge in [0.05, 0.1) is 6.10 Å². The Balaban J connectivity index is 3.31. The molecule has 4 heteroatoms. The summed E-state index contributed by atoms with van der Waals surface area (Å²) < 4.78 is 4.96. The van der Waals surface area contributed by atoms with Gasteiger partial charge in [0.25, 0.3) is 0 Å². The highest BCUT2D eigenvalue weighted by Gasteiger charge is 2.08. The molecule has 2 unspecified atom stereocenters. The molecule has 0 saturated heterocycles. The van der Waals surface area contributed by atoms with E-state index in [2.05, 4.69) is 19.2 Å². The Bertz CT molecular complexity index is 310. The van der Waals surface area contributed by atoms with Crippen molar-refractivity contribution in [2.75, 3.05) is 13.2 Å². The van der Waals surface area contributed by atoms with Gasteiger partial charge in [0.2, 0.25) is 0 Å². The molecule has 0 aliphatic heterocycles. The van der Waals surface area contributed by atoms with E-state index in [0.717, 1.165) is 6.42 Å². The number of amides is 1. The Morgan fingerprint density at radius 1 is 0.885 bits per heavy atom. The minimum absolute atomic E-state index is 0.0788. The number of ether oxygens (including phenoxy) is 1. The van der Waals surface area contributed by atoms with Crippen LogP contribution in [-0.2, 0) is 4.74 Å². The summed E-state index contributed by atoms with van der Waals surface area (Å²) >= 11 is 0. The highest BCUT2D eigenvalue weighted by atomic mass is 16.6. The molecule has 0 heterocycles. The lowest BCUT2D eigenvalue weighted by Crippen LogP contribution is -2.31. The first kappa shape index (κ1) is 25.2. The first-order valence-electron chi connectivity index (χ1n) is 11.2. The lowest BCUT2D eigenvalue weighted by Gasteiger charge is -2.14. The quantitative estimate of drug-likeness (QED) is 0.282. The zero-order valence-corrected chi connectivity index (χ0v) is 17.7. The fourth-order valence-electron chi connectivity index (χ4n) is 3.03. The van der Waals surface area contributed by atoms with Crippen LogP contribution >= 0.6 is 0 Å². The number of carbonyl (C=O) groups excluding carboxylic acids is 1. The number of aliphatic hydroxyl groups is 1. The average Bonchev–Trinajstić information content (AvgIpc) is 2.65. The molecule has 0 fully saturated rings. The van der Waals surface area contributed by atoms with Crippen molar-refractivity contribution in [2.45, 2.75) is 117 Å². The molecule has 0 radical (unpaired) electrons. The topological polar surface area (TPSA) is 58.6 Å².